The van der Waals surface area contributed by atoms with Crippen molar-refractivity contribution in [2.24, 2.45) is 0 Å². The summed E-state index contributed by atoms with van der Waals surface area (Å²) >= 11 is 0. The van der Waals surface area contributed by atoms with Crippen molar-refractivity contribution in [1.82, 2.24) is 0 Å². The topological polar surface area (TPSA) is 0 Å². The Kier molecular flexibility index (Phi) is 8000. The van der Waals surface area contributed by atoms with Gasteiger partial charge in [0.2, 0.25) is 0 Å². The van der Waals surface area contributed by atoms with E-state index in [4.69, 9.17) is 0 Å². The van der Waals surface area contributed by atoms with Crippen LogP contribution in [-0.2, 0) is 20.4 Å². The molecule has 0 aromatic carbocycles. The standard InChI is InChI=1S/4CH3.Re/h4*1H3;/q4*-1;. The van der Waals surface area contributed by atoms with E-state index in [-0.39, 0.29) is 50.1 Å². The van der Waals surface area contributed by atoms with Crippen molar-refractivity contribution in [2.45, 2.75) is 0 Å². The van der Waals surface area contributed by atoms with E-state index in [1.807, 2.05) is 0 Å². The van der Waals surface area contributed by atoms with Crippen molar-refractivity contribution >= 4 is 0 Å². The minimum absolute atomic E-state index is 0. The third-order valence-corrected chi connectivity index (χ3v) is 0. The largest absolute Gasteiger partial charge is 0.358 e. The van der Waals surface area contributed by atoms with Crippen LogP contribution in [0.5, 0.6) is 0 Å². The van der Waals surface area contributed by atoms with Gasteiger partial charge in [-0.15, -0.1) is 0 Å². The second-order valence-corrected chi connectivity index (χ2v) is 0. The molecule has 0 amide bonds. The van der Waals surface area contributed by atoms with Crippen molar-refractivity contribution in [1.29, 1.82) is 0 Å². The Labute approximate surface area is 50.6 Å². The molecule has 0 aliphatic rings. The molecular formula is C4H12Re-4. The van der Waals surface area contributed by atoms with Gasteiger partial charge in [0.1, 0.15) is 0 Å². The van der Waals surface area contributed by atoms with Gasteiger partial charge in [0, 0.05) is 20.4 Å². The molecule has 0 fully saturated rings. The molecule has 1 radical (unpaired) electrons. The summed E-state index contributed by atoms with van der Waals surface area (Å²) < 4.78 is 0. The number of rotatable bonds is 0. The molecule has 5 heavy (non-hydrogen) atoms. The Morgan fingerprint density at radius 3 is 0.400 bits per heavy atom. The zero-order valence-electron chi connectivity index (χ0n) is 4.38. The van der Waals surface area contributed by atoms with E-state index < -0.39 is 0 Å². The average molecular weight is 246 g/mol. The van der Waals surface area contributed by atoms with Crippen LogP contribution in [0.4, 0.5) is 0 Å². The summed E-state index contributed by atoms with van der Waals surface area (Å²) in [5.74, 6) is 0. The van der Waals surface area contributed by atoms with Crippen LogP contribution in [0.2, 0.25) is 0 Å². The number of hydrogen-bond donors (Lipinski definition) is 0. The zero-order valence-corrected chi connectivity index (χ0v) is 7.09. The predicted molar refractivity (Wildman–Crippen MR) is 25.7 cm³/mol. The maximum Gasteiger partial charge on any atom is 0 e. The molecule has 0 aliphatic heterocycles. The summed E-state index contributed by atoms with van der Waals surface area (Å²) in [6.45, 7) is 0. The fraction of sp³-hybridized carbons (Fsp3) is 0. The molecule has 1 heteroatoms. The zero-order chi connectivity index (χ0) is 0. The summed E-state index contributed by atoms with van der Waals surface area (Å²) in [5, 5.41) is 0. The molecule has 0 spiro atoms. The van der Waals surface area contributed by atoms with Crippen LogP contribution in [0.1, 0.15) is 0 Å². The van der Waals surface area contributed by atoms with Crippen molar-refractivity contribution in [2.75, 3.05) is 0 Å². The molecule has 0 unspecified atom stereocenters. The van der Waals surface area contributed by atoms with E-state index >= 15 is 0 Å². The molecule has 39 valence electrons. The maximum atomic E-state index is 0. The minimum Gasteiger partial charge on any atom is -0.358 e. The maximum absolute atomic E-state index is 0. The molecule has 0 nitrogen and oxygen atoms in total. The number of hydrogen-bond acceptors (Lipinski definition) is 0. The van der Waals surface area contributed by atoms with Gasteiger partial charge < -0.3 is 29.7 Å². The molecule has 0 rings (SSSR count). The van der Waals surface area contributed by atoms with Crippen LogP contribution in [0.15, 0.2) is 0 Å². The minimum atomic E-state index is 0. The van der Waals surface area contributed by atoms with E-state index in [1.165, 1.54) is 0 Å². The molecule has 0 atom stereocenters. The van der Waals surface area contributed by atoms with Crippen molar-refractivity contribution in [3.05, 3.63) is 29.7 Å². The Hall–Kier alpha value is 0.662. The summed E-state index contributed by atoms with van der Waals surface area (Å²) in [5.41, 5.74) is 0. The van der Waals surface area contributed by atoms with Gasteiger partial charge in [0.25, 0.3) is 0 Å². The molecule has 0 aromatic rings. The van der Waals surface area contributed by atoms with Gasteiger partial charge in [-0.25, -0.2) is 0 Å². The van der Waals surface area contributed by atoms with Crippen LogP contribution in [0.3, 0.4) is 0 Å². The second kappa shape index (κ2) is 143. The molecule has 0 saturated heterocycles. The molecule has 0 N–H and O–H groups in total. The third-order valence-electron chi connectivity index (χ3n) is 0. The fourth-order valence-electron chi connectivity index (χ4n) is 0. The Morgan fingerprint density at radius 1 is 0.400 bits per heavy atom. The van der Waals surface area contributed by atoms with Crippen LogP contribution >= 0.6 is 0 Å². The Balaban J connectivity index is 0. The van der Waals surface area contributed by atoms with E-state index in [2.05, 4.69) is 0 Å². The van der Waals surface area contributed by atoms with E-state index in [9.17, 15) is 0 Å². The Morgan fingerprint density at radius 2 is 0.400 bits per heavy atom. The molecular weight excluding hydrogens is 234 g/mol. The first kappa shape index (κ1) is 281. The smallest absolute Gasteiger partial charge is 0 e. The average Bonchev–Trinajstić information content (AvgIpc) is 0. The van der Waals surface area contributed by atoms with Crippen LogP contribution in [-0.4, -0.2) is 0 Å². The van der Waals surface area contributed by atoms with Crippen LogP contribution < -0.4 is 0 Å². The van der Waals surface area contributed by atoms with Crippen LogP contribution in [0.25, 0.3) is 0 Å². The Bertz CT molecular complexity index is 3.61. The van der Waals surface area contributed by atoms with Gasteiger partial charge in [0.05, 0.1) is 0 Å². The quantitative estimate of drug-likeness (QED) is 0.572. The van der Waals surface area contributed by atoms with Crippen molar-refractivity contribution < 1.29 is 20.4 Å². The van der Waals surface area contributed by atoms with E-state index in [0.29, 0.717) is 0 Å². The summed E-state index contributed by atoms with van der Waals surface area (Å²) in [4.78, 5) is 0. The van der Waals surface area contributed by atoms with Gasteiger partial charge in [-0.2, -0.15) is 0 Å². The predicted octanol–water partition coefficient (Wildman–Crippen LogP) is 1.80. The third kappa shape index (κ3) is 75.3. The van der Waals surface area contributed by atoms with Crippen molar-refractivity contribution in [3.63, 3.8) is 0 Å². The first-order valence-corrected chi connectivity index (χ1v) is 0. The monoisotopic (exact) mass is 247 g/mol. The van der Waals surface area contributed by atoms with Gasteiger partial charge in [-0.3, -0.25) is 0 Å². The summed E-state index contributed by atoms with van der Waals surface area (Å²) in [6.07, 6.45) is 0. The first-order chi connectivity index (χ1) is 0. The molecule has 0 bridgehead atoms. The van der Waals surface area contributed by atoms with Gasteiger partial charge in [-0.1, -0.05) is 0 Å². The van der Waals surface area contributed by atoms with E-state index in [1.54, 1.807) is 0 Å². The van der Waals surface area contributed by atoms with Crippen LogP contribution in [0, 0.1) is 29.7 Å². The first-order valence-electron chi connectivity index (χ1n) is 0. The summed E-state index contributed by atoms with van der Waals surface area (Å²) in [7, 11) is 0. The molecule has 0 aliphatic carbocycles. The summed E-state index contributed by atoms with van der Waals surface area (Å²) in [6, 6.07) is 0. The van der Waals surface area contributed by atoms with Gasteiger partial charge in [0.15, 0.2) is 0 Å². The molecule has 0 aromatic heterocycles. The fourth-order valence-corrected chi connectivity index (χ4v) is 0. The molecule has 0 heterocycles. The SMILES string of the molecule is [CH3-].[CH3-].[CH3-].[CH3-].[Re]. The second-order valence-electron chi connectivity index (χ2n) is 0. The van der Waals surface area contributed by atoms with Crippen molar-refractivity contribution in [3.8, 4) is 0 Å². The van der Waals surface area contributed by atoms with Gasteiger partial charge in [-0.05, 0) is 0 Å². The molecule has 0 saturated carbocycles. The van der Waals surface area contributed by atoms with Gasteiger partial charge >= 0.3 is 0 Å². The normalized spacial score (nSPS) is 0. The van der Waals surface area contributed by atoms with E-state index in [0.717, 1.165) is 0 Å².